The van der Waals surface area contributed by atoms with Gasteiger partial charge in [0.05, 0.1) is 23.2 Å². The Bertz CT molecular complexity index is 802. The third-order valence-electron chi connectivity index (χ3n) is 7.64. The van der Waals surface area contributed by atoms with Gasteiger partial charge in [0.1, 0.15) is 6.04 Å². The molecule has 0 aromatic heterocycles. The van der Waals surface area contributed by atoms with Gasteiger partial charge < -0.3 is 19.6 Å². The molecule has 3 saturated heterocycles. The van der Waals surface area contributed by atoms with Crippen LogP contribution in [0.1, 0.15) is 65.2 Å². The Morgan fingerprint density at radius 3 is 2.63 bits per heavy atom. The van der Waals surface area contributed by atoms with E-state index in [2.05, 4.69) is 13.2 Å². The number of fused-ring (bicyclic) bond motifs is 1. The van der Waals surface area contributed by atoms with E-state index < -0.39 is 22.6 Å². The van der Waals surface area contributed by atoms with Crippen LogP contribution in [-0.4, -0.2) is 81.1 Å². The molecule has 196 valence electrons. The molecule has 3 aliphatic rings. The van der Waals surface area contributed by atoms with Gasteiger partial charge in [0.15, 0.2) is 0 Å². The summed E-state index contributed by atoms with van der Waals surface area (Å²) in [6.45, 7) is 12.9. The van der Waals surface area contributed by atoms with Crippen LogP contribution in [0.5, 0.6) is 0 Å². The third-order valence-corrected chi connectivity index (χ3v) is 9.59. The number of ether oxygens (including phenoxy) is 1. The molecule has 2 unspecified atom stereocenters. The molecule has 2 bridgehead atoms. The molecule has 3 fully saturated rings. The molecule has 3 rings (SSSR count). The van der Waals surface area contributed by atoms with E-state index in [0.29, 0.717) is 19.7 Å². The quantitative estimate of drug-likeness (QED) is 0.208. The molecule has 0 aromatic carbocycles. The Kier molecular flexibility index (Phi) is 9.87. The number of aliphatic hydroxyl groups is 1. The van der Waals surface area contributed by atoms with Gasteiger partial charge in [-0.15, -0.1) is 24.9 Å². The van der Waals surface area contributed by atoms with Crippen LogP contribution in [0.25, 0.3) is 0 Å². The summed E-state index contributed by atoms with van der Waals surface area (Å²) >= 11 is 1.68. The molecule has 7 nitrogen and oxygen atoms in total. The minimum atomic E-state index is -0.580. The van der Waals surface area contributed by atoms with Crippen molar-refractivity contribution >= 4 is 29.5 Å². The first kappa shape index (κ1) is 27.8. The van der Waals surface area contributed by atoms with Gasteiger partial charge in [0.25, 0.3) is 0 Å². The van der Waals surface area contributed by atoms with Crippen molar-refractivity contribution in [3.05, 3.63) is 25.3 Å². The summed E-state index contributed by atoms with van der Waals surface area (Å²) in [5.41, 5.74) is 0. The number of hydrogen-bond donors (Lipinski definition) is 1. The van der Waals surface area contributed by atoms with Crippen molar-refractivity contribution in [1.82, 2.24) is 9.80 Å². The molecule has 3 heterocycles. The van der Waals surface area contributed by atoms with E-state index in [1.807, 2.05) is 13.8 Å². The SMILES string of the molecule is C=CCCCOC(=O)[C@@H]1[C@@H]2CCC3(S2)C(C(=O)N(CC=C)C(C)C)N(CCCCCCO)C(=O)[C@H]13. The summed E-state index contributed by atoms with van der Waals surface area (Å²) in [6.07, 6.45) is 9.87. The molecule has 2 amide bonds. The van der Waals surface area contributed by atoms with Crippen LogP contribution in [0.3, 0.4) is 0 Å². The monoisotopic (exact) mass is 506 g/mol. The fourth-order valence-electron chi connectivity index (χ4n) is 6.04. The highest BCUT2D eigenvalue weighted by atomic mass is 32.2. The number of thioether (sulfide) groups is 1. The van der Waals surface area contributed by atoms with Gasteiger partial charge >= 0.3 is 5.97 Å². The Labute approximate surface area is 214 Å². The van der Waals surface area contributed by atoms with Gasteiger partial charge in [-0.1, -0.05) is 25.0 Å². The second-order valence-corrected chi connectivity index (χ2v) is 11.8. The molecule has 0 aromatic rings. The predicted molar refractivity (Wildman–Crippen MR) is 139 cm³/mol. The Morgan fingerprint density at radius 1 is 1.23 bits per heavy atom. The number of nitrogens with zero attached hydrogens (tertiary/aromatic N) is 2. The van der Waals surface area contributed by atoms with E-state index in [1.54, 1.807) is 33.7 Å². The van der Waals surface area contributed by atoms with Crippen molar-refractivity contribution in [3.63, 3.8) is 0 Å². The van der Waals surface area contributed by atoms with E-state index in [4.69, 9.17) is 9.84 Å². The molecular formula is C27H42N2O5S. The van der Waals surface area contributed by atoms with Gasteiger partial charge in [-0.05, 0) is 52.4 Å². The second kappa shape index (κ2) is 12.4. The lowest BCUT2D eigenvalue weighted by Gasteiger charge is -2.38. The zero-order chi connectivity index (χ0) is 25.6. The highest BCUT2D eigenvalue weighted by molar-refractivity contribution is 8.02. The Balaban J connectivity index is 1.87. The summed E-state index contributed by atoms with van der Waals surface area (Å²) in [6, 6.07) is -0.597. The van der Waals surface area contributed by atoms with E-state index in [-0.39, 0.29) is 35.7 Å². The first-order valence-electron chi connectivity index (χ1n) is 13.1. The standard InChI is InChI=1S/C27H42N2O5S/c1-5-7-12-18-34-26(33)21-20-13-14-27(35-20)22(21)24(31)29(16-10-8-9-11-17-30)23(27)25(32)28(15-6-2)19(3)4/h5-6,19-23,30H,1-2,7-18H2,3-4H3/t20-,21+,22-,23?,27?/m0/s1. The number of unbranched alkanes of at least 4 members (excludes halogenated alkanes) is 4. The number of carbonyl (C=O) groups is 3. The fraction of sp³-hybridized carbons (Fsp3) is 0.741. The molecule has 5 atom stereocenters. The highest BCUT2D eigenvalue weighted by Crippen LogP contribution is 2.66. The molecule has 35 heavy (non-hydrogen) atoms. The zero-order valence-electron chi connectivity index (χ0n) is 21.3. The largest absolute Gasteiger partial charge is 0.465 e. The summed E-state index contributed by atoms with van der Waals surface area (Å²) < 4.78 is 5.03. The van der Waals surface area contributed by atoms with Crippen LogP contribution < -0.4 is 0 Å². The topological polar surface area (TPSA) is 87.2 Å². The summed E-state index contributed by atoms with van der Waals surface area (Å²) in [7, 11) is 0. The van der Waals surface area contributed by atoms with E-state index in [9.17, 15) is 14.4 Å². The normalized spacial score (nSPS) is 28.9. The highest BCUT2D eigenvalue weighted by Gasteiger charge is 2.74. The lowest BCUT2D eigenvalue weighted by Crippen LogP contribution is -2.56. The van der Waals surface area contributed by atoms with Crippen molar-refractivity contribution in [2.45, 2.75) is 87.3 Å². The molecule has 0 aliphatic carbocycles. The van der Waals surface area contributed by atoms with Crippen LogP contribution in [0.2, 0.25) is 0 Å². The van der Waals surface area contributed by atoms with Crippen LogP contribution in [0.15, 0.2) is 25.3 Å². The minimum absolute atomic E-state index is 0.0183. The second-order valence-electron chi connectivity index (χ2n) is 10.2. The van der Waals surface area contributed by atoms with Gasteiger partial charge in [-0.2, -0.15) is 0 Å². The van der Waals surface area contributed by atoms with E-state index >= 15 is 0 Å². The minimum Gasteiger partial charge on any atom is -0.465 e. The number of esters is 1. The smallest absolute Gasteiger partial charge is 0.310 e. The van der Waals surface area contributed by atoms with Gasteiger partial charge in [0.2, 0.25) is 11.8 Å². The average Bonchev–Trinajstić information content (AvgIpc) is 3.47. The average molecular weight is 507 g/mol. The predicted octanol–water partition coefficient (Wildman–Crippen LogP) is 3.56. The van der Waals surface area contributed by atoms with Crippen molar-refractivity contribution in [3.8, 4) is 0 Å². The number of rotatable bonds is 15. The van der Waals surface area contributed by atoms with Crippen molar-refractivity contribution in [2.24, 2.45) is 11.8 Å². The summed E-state index contributed by atoms with van der Waals surface area (Å²) in [4.78, 5) is 44.7. The van der Waals surface area contributed by atoms with Crippen LogP contribution in [0.4, 0.5) is 0 Å². The number of likely N-dealkylation sites (tertiary alicyclic amines) is 1. The van der Waals surface area contributed by atoms with Crippen molar-refractivity contribution < 1.29 is 24.2 Å². The van der Waals surface area contributed by atoms with Gasteiger partial charge in [-0.25, -0.2) is 0 Å². The van der Waals surface area contributed by atoms with E-state index in [1.165, 1.54) is 0 Å². The maximum Gasteiger partial charge on any atom is 0.310 e. The molecule has 8 heteroatoms. The van der Waals surface area contributed by atoms with E-state index in [0.717, 1.165) is 51.4 Å². The van der Waals surface area contributed by atoms with Crippen molar-refractivity contribution in [2.75, 3.05) is 26.3 Å². The molecule has 1 N–H and O–H groups in total. The number of allylic oxidation sites excluding steroid dienone is 1. The van der Waals surface area contributed by atoms with Crippen LogP contribution in [0, 0.1) is 11.8 Å². The Morgan fingerprint density at radius 2 is 1.97 bits per heavy atom. The maximum absolute atomic E-state index is 14.0. The van der Waals surface area contributed by atoms with Crippen LogP contribution in [-0.2, 0) is 19.1 Å². The summed E-state index contributed by atoms with van der Waals surface area (Å²) in [5, 5.41) is 9.09. The number of amides is 2. The molecular weight excluding hydrogens is 464 g/mol. The molecule has 1 spiro atoms. The number of hydrogen-bond acceptors (Lipinski definition) is 6. The van der Waals surface area contributed by atoms with Gasteiger partial charge in [0, 0.05) is 31.0 Å². The Hall–Kier alpha value is -1.80. The maximum atomic E-state index is 14.0. The molecule has 0 radical (unpaired) electrons. The van der Waals surface area contributed by atoms with Crippen molar-refractivity contribution in [1.29, 1.82) is 0 Å². The van der Waals surface area contributed by atoms with Crippen LogP contribution >= 0.6 is 11.8 Å². The number of aliphatic hydroxyl groups excluding tert-OH is 1. The summed E-state index contributed by atoms with van der Waals surface area (Å²) in [5.74, 6) is -1.42. The third kappa shape index (κ3) is 5.48. The fourth-order valence-corrected chi connectivity index (χ4v) is 8.24. The molecule has 0 saturated carbocycles. The number of carbonyl (C=O) groups excluding carboxylic acids is 3. The molecule has 3 aliphatic heterocycles. The first-order chi connectivity index (χ1) is 16.8. The zero-order valence-corrected chi connectivity index (χ0v) is 22.1. The van der Waals surface area contributed by atoms with Gasteiger partial charge in [-0.3, -0.25) is 14.4 Å². The lowest BCUT2D eigenvalue weighted by molar-refractivity contribution is -0.154. The lowest BCUT2D eigenvalue weighted by atomic mass is 9.71. The first-order valence-corrected chi connectivity index (χ1v) is 14.0.